The second-order valence-electron chi connectivity index (χ2n) is 11.2. The highest BCUT2D eigenvalue weighted by Gasteiger charge is 2.22. The van der Waals surface area contributed by atoms with Crippen LogP contribution < -0.4 is 4.90 Å². The molecular weight excluding hydrogens is 599 g/mol. The third kappa shape index (κ3) is 4.44. The van der Waals surface area contributed by atoms with Crippen LogP contribution in [0.15, 0.2) is 184 Å². The van der Waals surface area contributed by atoms with Crippen LogP contribution in [0.3, 0.4) is 0 Å². The molecule has 0 bridgehead atoms. The highest BCUT2D eigenvalue weighted by atomic mass is 16.3. The van der Waals surface area contributed by atoms with Crippen LogP contribution >= 0.6 is 0 Å². The van der Waals surface area contributed by atoms with Crippen molar-refractivity contribution < 1.29 is 32.1 Å². The summed E-state index contributed by atoms with van der Waals surface area (Å²) in [6, 6.07) is 7.89. The van der Waals surface area contributed by atoms with Crippen molar-refractivity contribution in [3.8, 4) is 22.3 Å². The van der Waals surface area contributed by atoms with E-state index in [1.54, 1.807) is 66.7 Å². The summed E-state index contributed by atoms with van der Waals surface area (Å²) in [5.41, 5.74) is -2.27. The molecule has 0 N–H and O–H groups in total. The largest absolute Gasteiger partial charge is 0.455 e. The number of nitrogens with zero attached hydrogens (tertiary/aromatic N) is 1. The smallest absolute Gasteiger partial charge is 0.143 e. The molecule has 3 nitrogen and oxygen atoms in total. The van der Waals surface area contributed by atoms with E-state index in [-0.39, 0.29) is 33.2 Å². The van der Waals surface area contributed by atoms with E-state index in [0.29, 0.717) is 16.4 Å². The molecular formula is C46H29NO2. The van der Waals surface area contributed by atoms with Gasteiger partial charge in [-0.15, -0.1) is 0 Å². The number of fused-ring (bicyclic) bond motifs is 8. The molecule has 8 aromatic carbocycles. The van der Waals surface area contributed by atoms with Crippen LogP contribution in [0.5, 0.6) is 0 Å². The van der Waals surface area contributed by atoms with Gasteiger partial charge in [-0.1, -0.05) is 127 Å². The second-order valence-corrected chi connectivity index (χ2v) is 11.2. The summed E-state index contributed by atoms with van der Waals surface area (Å²) in [5.74, 6) is 0. The Morgan fingerprint density at radius 1 is 0.449 bits per heavy atom. The number of furan rings is 2. The van der Waals surface area contributed by atoms with Crippen molar-refractivity contribution in [1.29, 1.82) is 0 Å². The Kier molecular flexibility index (Phi) is 3.49. The molecule has 0 unspecified atom stereocenters. The van der Waals surface area contributed by atoms with Crippen LogP contribution in [-0.2, 0) is 0 Å². The van der Waals surface area contributed by atoms with Gasteiger partial charge in [0.2, 0.25) is 0 Å². The number of benzene rings is 8. The van der Waals surface area contributed by atoms with Crippen molar-refractivity contribution in [3.05, 3.63) is 176 Å². The first kappa shape index (κ1) is 15.5. The molecule has 3 heteroatoms. The van der Waals surface area contributed by atoms with Gasteiger partial charge in [0.25, 0.3) is 0 Å². The minimum atomic E-state index is -0.862. The lowest BCUT2D eigenvalue weighted by Gasteiger charge is -2.27. The predicted octanol–water partition coefficient (Wildman–Crippen LogP) is 13.4. The van der Waals surface area contributed by atoms with E-state index < -0.39 is 147 Å². The molecule has 0 saturated carbocycles. The Labute approximate surface area is 306 Å². The van der Waals surface area contributed by atoms with E-state index in [0.717, 1.165) is 4.90 Å². The number of hydrogen-bond donors (Lipinski definition) is 0. The van der Waals surface area contributed by atoms with Gasteiger partial charge in [0, 0.05) is 38.5 Å². The highest BCUT2D eigenvalue weighted by molar-refractivity contribution is 6.19. The molecule has 0 atom stereocenters. The normalized spacial score (nSPS) is 16.5. The first-order chi connectivity index (χ1) is 31.4. The zero-order chi connectivity index (χ0) is 47.1. The molecule has 49 heavy (non-hydrogen) atoms. The topological polar surface area (TPSA) is 29.5 Å². The monoisotopic (exact) mass is 644 g/mol. The third-order valence-electron chi connectivity index (χ3n) is 8.36. The summed E-state index contributed by atoms with van der Waals surface area (Å²) in [6.07, 6.45) is 0. The van der Waals surface area contributed by atoms with Crippen LogP contribution in [0.1, 0.15) is 23.3 Å². The van der Waals surface area contributed by atoms with Crippen LogP contribution in [-0.4, -0.2) is 0 Å². The minimum Gasteiger partial charge on any atom is -0.455 e. The summed E-state index contributed by atoms with van der Waals surface area (Å²) in [7, 11) is 0. The van der Waals surface area contributed by atoms with Crippen molar-refractivity contribution in [2.45, 2.75) is 0 Å². The molecule has 0 amide bonds. The second kappa shape index (κ2) is 11.0. The Hall–Kier alpha value is -6.58. The average molecular weight is 645 g/mol. The molecule has 0 aliphatic carbocycles. The maximum Gasteiger partial charge on any atom is 0.143 e. The Morgan fingerprint density at radius 2 is 1.18 bits per heavy atom. The first-order valence-corrected chi connectivity index (χ1v) is 15.2. The van der Waals surface area contributed by atoms with Crippen molar-refractivity contribution in [2.24, 2.45) is 0 Å². The van der Waals surface area contributed by atoms with Gasteiger partial charge in [0.15, 0.2) is 0 Å². The van der Waals surface area contributed by atoms with Gasteiger partial charge in [0.05, 0.1) is 34.4 Å². The fourth-order valence-electron chi connectivity index (χ4n) is 6.17. The van der Waals surface area contributed by atoms with Gasteiger partial charge in [-0.3, -0.25) is 0 Å². The quantitative estimate of drug-likeness (QED) is 0.187. The Bertz CT molecular complexity index is 3810. The van der Waals surface area contributed by atoms with E-state index >= 15 is 0 Å². The summed E-state index contributed by atoms with van der Waals surface area (Å²) >= 11 is 0. The number of rotatable bonds is 5. The van der Waals surface area contributed by atoms with Crippen molar-refractivity contribution in [3.63, 3.8) is 0 Å². The van der Waals surface area contributed by atoms with Crippen LogP contribution in [0.25, 0.3) is 76.9 Å². The summed E-state index contributed by atoms with van der Waals surface area (Å²) in [5, 5.41) is -0.287. The lowest BCUT2D eigenvalue weighted by atomic mass is 10.00. The molecule has 230 valence electrons. The van der Waals surface area contributed by atoms with E-state index in [2.05, 4.69) is 0 Å². The zero-order valence-electron chi connectivity index (χ0n) is 42.2. The predicted molar refractivity (Wildman–Crippen MR) is 204 cm³/mol. The SMILES string of the molecule is [2H]c1c([2H])c(-c2ccccc2)c([2H])c(N(c2c([2H])c([2H])c([2H])c(-c3cccc4c3oc3ccccc34)c2[2H])c2c([2H])c([2H])c([2H])c3oc4c5c([2H])c([2H])c([2H])c([2H])c5c([2H])c([2H])c4c23)c1[2H]. The zero-order valence-corrected chi connectivity index (χ0v) is 25.2. The van der Waals surface area contributed by atoms with Crippen LogP contribution in [0.2, 0.25) is 0 Å². The Balaban J connectivity index is 1.45. The lowest BCUT2D eigenvalue weighted by molar-refractivity contribution is 0.670. The molecule has 0 saturated heterocycles. The number of para-hydroxylation sites is 2. The maximum atomic E-state index is 10.0. The average Bonchev–Trinajstić information content (AvgIpc) is 3.90. The lowest BCUT2D eigenvalue weighted by Crippen LogP contribution is -2.10. The third-order valence-corrected chi connectivity index (χ3v) is 8.36. The summed E-state index contributed by atoms with van der Waals surface area (Å²) < 4.78 is 168. The summed E-state index contributed by atoms with van der Waals surface area (Å²) in [6.45, 7) is 0. The van der Waals surface area contributed by atoms with Gasteiger partial charge < -0.3 is 13.7 Å². The number of anilines is 3. The van der Waals surface area contributed by atoms with Gasteiger partial charge in [-0.05, 0) is 70.4 Å². The molecule has 0 spiro atoms. The molecule has 10 aromatic rings. The minimum absolute atomic E-state index is 0.138. The van der Waals surface area contributed by atoms with Gasteiger partial charge in [0.1, 0.15) is 22.3 Å². The maximum absolute atomic E-state index is 10.0. The molecule has 0 fully saturated rings. The van der Waals surface area contributed by atoms with Crippen LogP contribution in [0, 0.1) is 0 Å². The molecule has 2 aromatic heterocycles. The van der Waals surface area contributed by atoms with E-state index in [1.165, 1.54) is 0 Å². The van der Waals surface area contributed by atoms with E-state index in [4.69, 9.17) is 21.2 Å². The fourth-order valence-corrected chi connectivity index (χ4v) is 6.17. The van der Waals surface area contributed by atoms with Gasteiger partial charge >= 0.3 is 0 Å². The van der Waals surface area contributed by atoms with Gasteiger partial charge in [-0.2, -0.15) is 0 Å². The molecule has 0 aliphatic rings. The molecule has 10 rings (SSSR count). The summed E-state index contributed by atoms with van der Waals surface area (Å²) in [4.78, 5) is 0.851. The van der Waals surface area contributed by atoms with Crippen molar-refractivity contribution in [1.82, 2.24) is 0 Å². The number of hydrogen-bond acceptors (Lipinski definition) is 3. The molecule has 0 aliphatic heterocycles. The van der Waals surface area contributed by atoms with E-state index in [9.17, 15) is 11.0 Å². The van der Waals surface area contributed by atoms with Crippen molar-refractivity contribution in [2.75, 3.05) is 4.90 Å². The fraction of sp³-hybridized carbons (Fsp3) is 0. The highest BCUT2D eigenvalue weighted by Crippen LogP contribution is 2.46. The first-order valence-electron chi connectivity index (χ1n) is 23.7. The Morgan fingerprint density at radius 3 is 2.08 bits per heavy atom. The van der Waals surface area contributed by atoms with Crippen molar-refractivity contribution >= 4 is 71.7 Å². The van der Waals surface area contributed by atoms with Crippen LogP contribution in [0.4, 0.5) is 17.1 Å². The standard InChI is InChI=1S/C46H29NO2/c1-2-12-30(13-3-1)32-15-8-17-34(28-32)47(41-23-11-25-43-44(41)40-27-26-31-14-4-5-19-36(31)46(40)49-43)35-18-9-16-33(29-35)37-21-10-22-39-38-20-6-7-24-42(38)48-45(37)39/h1-29H/i4D,5D,8D,9D,11D,14D,15D,16D,17D,18D,19D,23D,25D,26D,27D,28D,29D. The molecule has 2 heterocycles. The van der Waals surface area contributed by atoms with E-state index in [1.807, 2.05) is 6.07 Å². The van der Waals surface area contributed by atoms with Gasteiger partial charge in [-0.25, -0.2) is 0 Å². The molecule has 0 radical (unpaired) electrons.